The summed E-state index contributed by atoms with van der Waals surface area (Å²) in [6, 6.07) is 5.17. The van der Waals surface area contributed by atoms with Gasteiger partial charge in [-0.2, -0.15) is 0 Å². The number of fused-ring (bicyclic) bond motifs is 1. The van der Waals surface area contributed by atoms with Crippen LogP contribution in [-0.2, 0) is 11.2 Å². The van der Waals surface area contributed by atoms with E-state index in [0.29, 0.717) is 6.42 Å². The Morgan fingerprint density at radius 1 is 1.48 bits per heavy atom. The number of rotatable bonds is 4. The molecule has 0 aliphatic carbocycles. The van der Waals surface area contributed by atoms with Crippen LogP contribution < -0.4 is 0 Å². The Bertz CT molecular complexity index is 726. The largest absolute Gasteiger partial charge is 0.394 e. The second-order valence-electron chi connectivity index (χ2n) is 6.23. The molecule has 0 saturated carbocycles. The predicted molar refractivity (Wildman–Crippen MR) is 83.5 cm³/mol. The van der Waals surface area contributed by atoms with Gasteiger partial charge in [-0.1, -0.05) is 18.2 Å². The van der Waals surface area contributed by atoms with E-state index in [4.69, 9.17) is 0 Å². The van der Waals surface area contributed by atoms with Crippen molar-refractivity contribution in [1.29, 1.82) is 0 Å². The number of alkyl halides is 2. The van der Waals surface area contributed by atoms with Gasteiger partial charge in [-0.05, 0) is 24.5 Å². The number of aliphatic hydroxyl groups excluding tert-OH is 1. The van der Waals surface area contributed by atoms with Crippen molar-refractivity contribution in [3.8, 4) is 0 Å². The summed E-state index contributed by atoms with van der Waals surface area (Å²) < 4.78 is 26.9. The predicted octanol–water partition coefficient (Wildman–Crippen LogP) is 2.64. The van der Waals surface area contributed by atoms with Crippen LogP contribution in [0, 0.1) is 6.92 Å². The Hall–Kier alpha value is -1.95. The molecule has 1 aromatic heterocycles. The Balaban J connectivity index is 1.70. The van der Waals surface area contributed by atoms with Crippen LogP contribution in [0.5, 0.6) is 0 Å². The van der Waals surface area contributed by atoms with Crippen molar-refractivity contribution in [2.45, 2.75) is 38.2 Å². The lowest BCUT2D eigenvalue weighted by Crippen LogP contribution is -2.38. The third-order valence-electron chi connectivity index (χ3n) is 4.53. The molecule has 1 fully saturated rings. The van der Waals surface area contributed by atoms with E-state index in [0.717, 1.165) is 26.9 Å². The molecule has 1 aromatic carbocycles. The van der Waals surface area contributed by atoms with Crippen LogP contribution in [-0.4, -0.2) is 46.0 Å². The summed E-state index contributed by atoms with van der Waals surface area (Å²) in [6.07, 6.45) is 2.06. The van der Waals surface area contributed by atoms with Gasteiger partial charge in [-0.25, -0.2) is 8.78 Å². The highest BCUT2D eigenvalue weighted by Gasteiger charge is 2.46. The Labute approximate surface area is 133 Å². The van der Waals surface area contributed by atoms with Crippen LogP contribution in [0.1, 0.15) is 24.0 Å². The SMILES string of the molecule is Cc1cccc2c(CCC(=O)N3CC(F)(F)CC3CO)c[nH]c12. The van der Waals surface area contributed by atoms with Gasteiger partial charge in [0.2, 0.25) is 5.91 Å². The number of nitrogens with one attached hydrogen (secondary N) is 1. The molecule has 0 bridgehead atoms. The molecule has 1 saturated heterocycles. The van der Waals surface area contributed by atoms with E-state index >= 15 is 0 Å². The minimum Gasteiger partial charge on any atom is -0.394 e. The third-order valence-corrected chi connectivity index (χ3v) is 4.53. The summed E-state index contributed by atoms with van der Waals surface area (Å²) in [5.74, 6) is -3.23. The maximum absolute atomic E-state index is 13.4. The number of amides is 1. The molecule has 124 valence electrons. The number of hydrogen-bond acceptors (Lipinski definition) is 2. The Morgan fingerprint density at radius 3 is 3.00 bits per heavy atom. The second-order valence-corrected chi connectivity index (χ2v) is 6.23. The van der Waals surface area contributed by atoms with E-state index in [1.807, 2.05) is 31.3 Å². The lowest BCUT2D eigenvalue weighted by atomic mass is 10.1. The molecule has 1 unspecified atom stereocenters. The smallest absolute Gasteiger partial charge is 0.267 e. The van der Waals surface area contributed by atoms with Gasteiger partial charge in [0.15, 0.2) is 0 Å². The van der Waals surface area contributed by atoms with E-state index in [-0.39, 0.29) is 12.3 Å². The van der Waals surface area contributed by atoms with Crippen molar-refractivity contribution in [3.05, 3.63) is 35.5 Å². The van der Waals surface area contributed by atoms with E-state index in [9.17, 15) is 18.7 Å². The van der Waals surface area contributed by atoms with Crippen LogP contribution in [0.2, 0.25) is 0 Å². The number of aliphatic hydroxyl groups is 1. The number of H-pyrrole nitrogens is 1. The molecule has 0 spiro atoms. The summed E-state index contributed by atoms with van der Waals surface area (Å²) in [5, 5.41) is 10.3. The number of aromatic amines is 1. The van der Waals surface area contributed by atoms with Gasteiger partial charge in [0.05, 0.1) is 19.2 Å². The van der Waals surface area contributed by atoms with Crippen molar-refractivity contribution in [2.24, 2.45) is 0 Å². The zero-order chi connectivity index (χ0) is 16.6. The maximum Gasteiger partial charge on any atom is 0.267 e. The van der Waals surface area contributed by atoms with Gasteiger partial charge in [0, 0.05) is 29.9 Å². The number of carbonyl (C=O) groups is 1. The minimum absolute atomic E-state index is 0.160. The average molecular weight is 322 g/mol. The van der Waals surface area contributed by atoms with Crippen molar-refractivity contribution in [2.75, 3.05) is 13.2 Å². The monoisotopic (exact) mass is 322 g/mol. The summed E-state index contributed by atoms with van der Waals surface area (Å²) >= 11 is 0. The molecule has 2 heterocycles. The fourth-order valence-electron chi connectivity index (χ4n) is 3.31. The summed E-state index contributed by atoms with van der Waals surface area (Å²) in [6.45, 7) is 0.990. The molecule has 2 aromatic rings. The first kappa shape index (κ1) is 15.9. The highest BCUT2D eigenvalue weighted by Crippen LogP contribution is 2.32. The maximum atomic E-state index is 13.4. The van der Waals surface area contributed by atoms with Gasteiger partial charge in [-0.3, -0.25) is 4.79 Å². The standard InChI is InChI=1S/C17H20F2N2O2/c1-11-3-2-4-14-12(8-20-16(11)14)5-6-15(23)21-10-17(18,19)7-13(21)9-22/h2-4,8,13,20,22H,5-7,9-10H2,1H3. The number of aromatic nitrogens is 1. The topological polar surface area (TPSA) is 56.3 Å². The van der Waals surface area contributed by atoms with Gasteiger partial charge >= 0.3 is 0 Å². The molecular formula is C17H20F2N2O2. The summed E-state index contributed by atoms with van der Waals surface area (Å²) in [4.78, 5) is 16.6. The van der Waals surface area contributed by atoms with Gasteiger partial charge in [0.1, 0.15) is 0 Å². The zero-order valence-electron chi connectivity index (χ0n) is 13.0. The highest BCUT2D eigenvalue weighted by atomic mass is 19.3. The van der Waals surface area contributed by atoms with E-state index < -0.39 is 31.5 Å². The Kier molecular flexibility index (Phi) is 4.10. The normalized spacial score (nSPS) is 20.3. The Morgan fingerprint density at radius 2 is 2.26 bits per heavy atom. The van der Waals surface area contributed by atoms with E-state index in [1.54, 1.807) is 0 Å². The fourth-order valence-corrected chi connectivity index (χ4v) is 3.31. The number of nitrogens with zero attached hydrogens (tertiary/aromatic N) is 1. The number of aryl methyl sites for hydroxylation is 2. The molecule has 1 atom stereocenters. The van der Waals surface area contributed by atoms with Crippen LogP contribution in [0.25, 0.3) is 10.9 Å². The number of likely N-dealkylation sites (tertiary alicyclic amines) is 1. The first-order valence-corrected chi connectivity index (χ1v) is 7.75. The highest BCUT2D eigenvalue weighted by molar-refractivity contribution is 5.86. The summed E-state index contributed by atoms with van der Waals surface area (Å²) in [5.41, 5.74) is 3.17. The van der Waals surface area contributed by atoms with Gasteiger partial charge in [0.25, 0.3) is 5.92 Å². The molecular weight excluding hydrogens is 302 g/mol. The second kappa shape index (κ2) is 5.92. The van der Waals surface area contributed by atoms with Crippen molar-refractivity contribution in [1.82, 2.24) is 9.88 Å². The van der Waals surface area contributed by atoms with Gasteiger partial charge < -0.3 is 15.0 Å². The first-order chi connectivity index (χ1) is 10.9. The van der Waals surface area contributed by atoms with Crippen LogP contribution in [0.15, 0.2) is 24.4 Å². The fraction of sp³-hybridized carbons (Fsp3) is 0.471. The molecule has 23 heavy (non-hydrogen) atoms. The van der Waals surface area contributed by atoms with Crippen LogP contribution in [0.3, 0.4) is 0 Å². The van der Waals surface area contributed by atoms with Crippen molar-refractivity contribution >= 4 is 16.8 Å². The third kappa shape index (κ3) is 3.08. The lowest BCUT2D eigenvalue weighted by molar-refractivity contribution is -0.133. The zero-order valence-corrected chi connectivity index (χ0v) is 13.0. The number of carbonyl (C=O) groups excluding carboxylic acids is 1. The molecule has 6 heteroatoms. The lowest BCUT2D eigenvalue weighted by Gasteiger charge is -2.22. The average Bonchev–Trinajstić information content (AvgIpc) is 3.06. The number of benzene rings is 1. The molecule has 1 aliphatic rings. The number of hydrogen-bond donors (Lipinski definition) is 2. The molecule has 0 radical (unpaired) electrons. The van der Waals surface area contributed by atoms with Crippen molar-refractivity contribution < 1.29 is 18.7 Å². The minimum atomic E-state index is -2.90. The quantitative estimate of drug-likeness (QED) is 0.909. The number of para-hydroxylation sites is 1. The van der Waals surface area contributed by atoms with Crippen LogP contribution in [0.4, 0.5) is 8.78 Å². The van der Waals surface area contributed by atoms with E-state index in [2.05, 4.69) is 4.98 Å². The molecule has 1 aliphatic heterocycles. The molecule has 3 rings (SSSR count). The number of halogens is 2. The van der Waals surface area contributed by atoms with Crippen LogP contribution >= 0.6 is 0 Å². The first-order valence-electron chi connectivity index (χ1n) is 7.75. The molecule has 1 amide bonds. The summed E-state index contributed by atoms with van der Waals surface area (Å²) in [7, 11) is 0. The van der Waals surface area contributed by atoms with Gasteiger partial charge in [-0.15, -0.1) is 0 Å². The molecule has 4 nitrogen and oxygen atoms in total. The molecule has 2 N–H and O–H groups in total. The van der Waals surface area contributed by atoms with Crippen molar-refractivity contribution in [3.63, 3.8) is 0 Å². The van der Waals surface area contributed by atoms with E-state index in [1.165, 1.54) is 0 Å².